The second-order valence-electron chi connectivity index (χ2n) is 9.76. The van der Waals surface area contributed by atoms with Crippen LogP contribution in [0.25, 0.3) is 0 Å². The Hall–Kier alpha value is -2.54. The molecule has 1 aromatic rings. The average Bonchev–Trinajstić information content (AvgIpc) is 2.97. The summed E-state index contributed by atoms with van der Waals surface area (Å²) in [5.74, 6) is 0.310. The van der Waals surface area contributed by atoms with E-state index in [9.17, 15) is 9.59 Å². The third-order valence-electron chi connectivity index (χ3n) is 5.11. The van der Waals surface area contributed by atoms with Crippen LogP contribution in [0.15, 0.2) is 29.8 Å². The molecule has 1 aliphatic heterocycles. The molecule has 0 radical (unpaired) electrons. The van der Waals surface area contributed by atoms with E-state index in [1.807, 2.05) is 52.8 Å². The number of nitrogens with zero attached hydrogens (tertiary/aromatic N) is 1. The lowest BCUT2D eigenvalue weighted by molar-refractivity contribution is -0.150. The van der Waals surface area contributed by atoms with Gasteiger partial charge in [-0.1, -0.05) is 17.7 Å². The highest BCUT2D eigenvalue weighted by Gasteiger charge is 2.50. The van der Waals surface area contributed by atoms with Crippen LogP contribution in [-0.4, -0.2) is 48.0 Å². The van der Waals surface area contributed by atoms with Gasteiger partial charge in [0, 0.05) is 6.92 Å². The first-order chi connectivity index (χ1) is 14.7. The maximum Gasteiger partial charge on any atom is 0.413 e. The van der Waals surface area contributed by atoms with Crippen LogP contribution in [0, 0.1) is 0 Å². The molecule has 178 valence electrons. The smallest absolute Gasteiger partial charge is 0.413 e. The lowest BCUT2D eigenvalue weighted by atomic mass is 9.97. The van der Waals surface area contributed by atoms with Crippen molar-refractivity contribution in [3.8, 4) is 5.75 Å². The Morgan fingerprint density at radius 3 is 2.44 bits per heavy atom. The van der Waals surface area contributed by atoms with E-state index in [-0.39, 0.29) is 6.61 Å². The highest BCUT2D eigenvalue weighted by atomic mass is 16.6. The van der Waals surface area contributed by atoms with Gasteiger partial charge in [0.1, 0.15) is 29.2 Å². The summed E-state index contributed by atoms with van der Waals surface area (Å²) in [6.07, 6.45) is 1.55. The summed E-state index contributed by atoms with van der Waals surface area (Å²) in [6.45, 7) is 14.7. The zero-order valence-corrected chi connectivity index (χ0v) is 20.8. The maximum absolute atomic E-state index is 13.1. The molecule has 1 saturated heterocycles. The second kappa shape index (κ2) is 9.94. The summed E-state index contributed by atoms with van der Waals surface area (Å²) < 4.78 is 22.9. The minimum absolute atomic E-state index is 0.208. The topological polar surface area (TPSA) is 74.3 Å². The monoisotopic (exact) mass is 447 g/mol. The van der Waals surface area contributed by atoms with Crippen molar-refractivity contribution in [3.63, 3.8) is 0 Å². The predicted octanol–water partition coefficient (Wildman–Crippen LogP) is 5.18. The molecule has 0 aromatic heterocycles. The van der Waals surface area contributed by atoms with Gasteiger partial charge in [0.15, 0.2) is 0 Å². The number of amides is 1. The molecule has 2 atom stereocenters. The Labute approximate surface area is 191 Å². The van der Waals surface area contributed by atoms with E-state index in [2.05, 4.69) is 6.08 Å². The highest BCUT2D eigenvalue weighted by molar-refractivity contribution is 5.70. The minimum Gasteiger partial charge on any atom is -0.496 e. The van der Waals surface area contributed by atoms with E-state index in [1.54, 1.807) is 21.0 Å². The van der Waals surface area contributed by atoms with Crippen molar-refractivity contribution in [1.29, 1.82) is 0 Å². The van der Waals surface area contributed by atoms with Gasteiger partial charge in [0.05, 0.1) is 13.7 Å². The molecule has 0 saturated carbocycles. The maximum atomic E-state index is 13.1. The summed E-state index contributed by atoms with van der Waals surface area (Å²) in [5, 5.41) is 0. The average molecular weight is 448 g/mol. The number of ether oxygens (including phenoxy) is 4. The van der Waals surface area contributed by atoms with Gasteiger partial charge in [-0.2, -0.15) is 0 Å². The van der Waals surface area contributed by atoms with Gasteiger partial charge < -0.3 is 18.9 Å². The third-order valence-corrected chi connectivity index (χ3v) is 5.11. The standard InChI is InChI=1S/C25H37NO6/c1-16(2)10-11-18-14-19(12-13-21(18)29-9)22(31-17(3)27)20-15-30-25(7,8)26(20)23(28)32-24(4,5)6/h10,12-14,20,22H,11,15H2,1-9H3/t20-,22+/m1/s1. The Kier molecular flexibility index (Phi) is 7.99. The Bertz CT molecular complexity index is 864. The molecule has 0 bridgehead atoms. The number of methoxy groups -OCH3 is 1. The number of carbonyl (C=O) groups is 2. The first-order valence-corrected chi connectivity index (χ1v) is 10.9. The molecule has 1 aliphatic rings. The van der Waals surface area contributed by atoms with Crippen LogP contribution in [0.2, 0.25) is 0 Å². The fraction of sp³-hybridized carbons (Fsp3) is 0.600. The Morgan fingerprint density at radius 2 is 1.91 bits per heavy atom. The number of carbonyl (C=O) groups excluding carboxylic acids is 2. The molecule has 7 heteroatoms. The van der Waals surface area contributed by atoms with Crippen LogP contribution in [0.1, 0.15) is 72.6 Å². The summed E-state index contributed by atoms with van der Waals surface area (Å²) in [7, 11) is 1.63. The number of hydrogen-bond acceptors (Lipinski definition) is 6. The van der Waals surface area contributed by atoms with Crippen LogP contribution >= 0.6 is 0 Å². The molecule has 7 nitrogen and oxygen atoms in total. The van der Waals surface area contributed by atoms with Crippen LogP contribution in [-0.2, 0) is 25.4 Å². The Balaban J connectivity index is 2.50. The van der Waals surface area contributed by atoms with Gasteiger partial charge in [-0.05, 0) is 78.1 Å². The van der Waals surface area contributed by atoms with E-state index in [4.69, 9.17) is 18.9 Å². The van der Waals surface area contributed by atoms with Gasteiger partial charge in [-0.3, -0.25) is 9.69 Å². The fourth-order valence-electron chi connectivity index (χ4n) is 3.72. The van der Waals surface area contributed by atoms with E-state index in [0.717, 1.165) is 16.9 Å². The van der Waals surface area contributed by atoms with Gasteiger partial charge in [-0.15, -0.1) is 0 Å². The molecule has 2 rings (SSSR count). The van der Waals surface area contributed by atoms with E-state index < -0.39 is 35.5 Å². The number of benzene rings is 1. The molecule has 0 aliphatic carbocycles. The minimum atomic E-state index is -0.914. The van der Waals surface area contributed by atoms with E-state index >= 15 is 0 Å². The zero-order chi connectivity index (χ0) is 24.3. The summed E-state index contributed by atoms with van der Waals surface area (Å²) >= 11 is 0. The molecule has 32 heavy (non-hydrogen) atoms. The van der Waals surface area contributed by atoms with Gasteiger partial charge in [0.2, 0.25) is 0 Å². The molecule has 0 spiro atoms. The van der Waals surface area contributed by atoms with Crippen LogP contribution < -0.4 is 4.74 Å². The fourth-order valence-corrected chi connectivity index (χ4v) is 3.72. The van der Waals surface area contributed by atoms with Crippen molar-refractivity contribution < 1.29 is 28.5 Å². The summed E-state index contributed by atoms with van der Waals surface area (Å²) in [4.78, 5) is 26.7. The van der Waals surface area contributed by atoms with Crippen LogP contribution in [0.4, 0.5) is 4.79 Å². The van der Waals surface area contributed by atoms with Crippen LogP contribution in [0.5, 0.6) is 5.75 Å². The molecular formula is C25H37NO6. The molecule has 0 unspecified atom stereocenters. The number of allylic oxidation sites excluding steroid dienone is 2. The SMILES string of the molecule is COc1ccc([C@H](OC(C)=O)[C@H]2COC(C)(C)N2C(=O)OC(C)(C)C)cc1CC=C(C)C. The number of hydrogen-bond donors (Lipinski definition) is 0. The van der Waals surface area contributed by atoms with Crippen molar-refractivity contribution in [2.24, 2.45) is 0 Å². The summed E-state index contributed by atoms with van der Waals surface area (Å²) in [5.41, 5.74) is 1.33. The summed E-state index contributed by atoms with van der Waals surface area (Å²) in [6, 6.07) is 5.13. The molecular weight excluding hydrogens is 410 g/mol. The molecule has 1 amide bonds. The number of esters is 1. The Morgan fingerprint density at radius 1 is 1.25 bits per heavy atom. The molecule has 1 aromatic carbocycles. The van der Waals surface area contributed by atoms with Crippen LogP contribution in [0.3, 0.4) is 0 Å². The lowest BCUT2D eigenvalue weighted by Crippen LogP contribution is -2.52. The first-order valence-electron chi connectivity index (χ1n) is 10.9. The van der Waals surface area contributed by atoms with E-state index in [1.165, 1.54) is 17.4 Å². The molecule has 0 N–H and O–H groups in total. The number of rotatable bonds is 6. The first kappa shape index (κ1) is 25.7. The van der Waals surface area contributed by atoms with Crippen molar-refractivity contribution in [2.45, 2.75) is 85.3 Å². The van der Waals surface area contributed by atoms with E-state index in [0.29, 0.717) is 6.42 Å². The second-order valence-corrected chi connectivity index (χ2v) is 9.76. The zero-order valence-electron chi connectivity index (χ0n) is 20.8. The lowest BCUT2D eigenvalue weighted by Gasteiger charge is -2.37. The third kappa shape index (κ3) is 6.48. The van der Waals surface area contributed by atoms with Crippen molar-refractivity contribution in [2.75, 3.05) is 13.7 Å². The molecule has 1 fully saturated rings. The van der Waals surface area contributed by atoms with Gasteiger partial charge >= 0.3 is 12.1 Å². The molecule has 1 heterocycles. The van der Waals surface area contributed by atoms with Gasteiger partial charge in [-0.25, -0.2) is 4.79 Å². The van der Waals surface area contributed by atoms with Crippen molar-refractivity contribution in [1.82, 2.24) is 4.90 Å². The van der Waals surface area contributed by atoms with Crippen molar-refractivity contribution >= 4 is 12.1 Å². The largest absolute Gasteiger partial charge is 0.496 e. The highest BCUT2D eigenvalue weighted by Crippen LogP contribution is 2.38. The quantitative estimate of drug-likeness (QED) is 0.442. The van der Waals surface area contributed by atoms with Gasteiger partial charge in [0.25, 0.3) is 0 Å². The predicted molar refractivity (Wildman–Crippen MR) is 123 cm³/mol. The normalized spacial score (nSPS) is 18.7. The van der Waals surface area contributed by atoms with Crippen molar-refractivity contribution in [3.05, 3.63) is 41.0 Å².